The van der Waals surface area contributed by atoms with E-state index in [2.05, 4.69) is 10.5 Å². The summed E-state index contributed by atoms with van der Waals surface area (Å²) in [4.78, 5) is 12.9. The summed E-state index contributed by atoms with van der Waals surface area (Å²) in [5.41, 5.74) is 2.51. The molecule has 120 valence electrons. The minimum absolute atomic E-state index is 0.132. The fourth-order valence-electron chi connectivity index (χ4n) is 1.66. The zero-order valence-corrected chi connectivity index (χ0v) is 14.4. The summed E-state index contributed by atoms with van der Waals surface area (Å²) in [5, 5.41) is 4.25. The summed E-state index contributed by atoms with van der Waals surface area (Å²) in [5.74, 6) is -0.798. The largest absolute Gasteiger partial charge is 0.272 e. The number of carbonyl (C=O) groups is 1. The lowest BCUT2D eigenvalue weighted by Gasteiger charge is -2.09. The van der Waals surface area contributed by atoms with Gasteiger partial charge in [-0.25, -0.2) is 9.82 Å². The molecular formula is C16H13Cl2FN2OS. The molecular weight excluding hydrogens is 358 g/mol. The molecule has 2 rings (SSSR count). The van der Waals surface area contributed by atoms with E-state index in [-0.39, 0.29) is 21.7 Å². The lowest BCUT2D eigenvalue weighted by atomic mass is 10.2. The van der Waals surface area contributed by atoms with Crippen LogP contribution in [-0.4, -0.2) is 17.4 Å². The number of benzene rings is 2. The van der Waals surface area contributed by atoms with Crippen LogP contribution in [0, 0.1) is 5.82 Å². The lowest BCUT2D eigenvalue weighted by Crippen LogP contribution is -2.26. The minimum Gasteiger partial charge on any atom is -0.272 e. The van der Waals surface area contributed by atoms with Crippen LogP contribution in [0.5, 0.6) is 0 Å². The van der Waals surface area contributed by atoms with Gasteiger partial charge < -0.3 is 0 Å². The van der Waals surface area contributed by atoms with Crippen LogP contribution < -0.4 is 5.43 Å². The van der Waals surface area contributed by atoms with E-state index in [1.54, 1.807) is 25.1 Å². The second-order valence-electron chi connectivity index (χ2n) is 4.58. The number of amides is 1. The Morgan fingerprint density at radius 3 is 2.61 bits per heavy atom. The van der Waals surface area contributed by atoms with Gasteiger partial charge >= 0.3 is 0 Å². The number of hydrogen-bond donors (Lipinski definition) is 1. The van der Waals surface area contributed by atoms with Crippen LogP contribution in [0.3, 0.4) is 0 Å². The zero-order valence-electron chi connectivity index (χ0n) is 12.1. The van der Waals surface area contributed by atoms with Crippen molar-refractivity contribution in [3.05, 3.63) is 63.9 Å². The number of nitrogens with one attached hydrogen (secondary N) is 1. The molecule has 0 spiro atoms. The molecule has 0 aliphatic rings. The fraction of sp³-hybridized carbons (Fsp3) is 0.125. The molecule has 1 atom stereocenters. The molecule has 7 heteroatoms. The maximum atomic E-state index is 13.6. The fourth-order valence-corrected chi connectivity index (χ4v) is 2.86. The molecule has 0 aliphatic heterocycles. The van der Waals surface area contributed by atoms with Gasteiger partial charge in [-0.3, -0.25) is 4.79 Å². The predicted molar refractivity (Wildman–Crippen MR) is 93.9 cm³/mol. The maximum Gasteiger partial charge on any atom is 0.253 e. The molecule has 0 unspecified atom stereocenters. The number of nitrogens with zero attached hydrogens (tertiary/aromatic N) is 1. The maximum absolute atomic E-state index is 13.6. The van der Waals surface area contributed by atoms with Crippen LogP contribution in [0.15, 0.2) is 52.5 Å². The Balaban J connectivity index is 1.93. The molecule has 23 heavy (non-hydrogen) atoms. The Labute approximate surface area is 147 Å². The molecule has 1 N–H and O–H groups in total. The average Bonchev–Trinajstić information content (AvgIpc) is 2.52. The van der Waals surface area contributed by atoms with E-state index < -0.39 is 5.82 Å². The van der Waals surface area contributed by atoms with Crippen LogP contribution in [0.2, 0.25) is 10.0 Å². The highest BCUT2D eigenvalue weighted by atomic mass is 35.5. The third-order valence-electron chi connectivity index (χ3n) is 2.86. The summed E-state index contributed by atoms with van der Waals surface area (Å²) >= 11 is 13.1. The topological polar surface area (TPSA) is 41.5 Å². The van der Waals surface area contributed by atoms with Crippen LogP contribution in [-0.2, 0) is 4.79 Å². The number of hydrazone groups is 1. The summed E-state index contributed by atoms with van der Waals surface area (Å²) < 4.78 is 13.6. The van der Waals surface area contributed by atoms with Crippen molar-refractivity contribution in [2.75, 3.05) is 0 Å². The zero-order chi connectivity index (χ0) is 16.8. The number of carbonyl (C=O) groups excluding carboxylic acids is 1. The second-order valence-corrected chi connectivity index (χ2v) is 6.84. The summed E-state index contributed by atoms with van der Waals surface area (Å²) in [6, 6.07) is 11.5. The Morgan fingerprint density at radius 2 is 1.96 bits per heavy atom. The van der Waals surface area contributed by atoms with Crippen LogP contribution in [0.25, 0.3) is 0 Å². The van der Waals surface area contributed by atoms with Crippen LogP contribution in [0.4, 0.5) is 4.39 Å². The van der Waals surface area contributed by atoms with Gasteiger partial charge in [0.25, 0.3) is 5.91 Å². The number of thioether (sulfide) groups is 1. The van der Waals surface area contributed by atoms with Crippen molar-refractivity contribution < 1.29 is 9.18 Å². The second kappa shape index (κ2) is 8.34. The number of halogens is 3. The monoisotopic (exact) mass is 370 g/mol. The van der Waals surface area contributed by atoms with Gasteiger partial charge in [0.05, 0.1) is 16.5 Å². The van der Waals surface area contributed by atoms with E-state index in [9.17, 15) is 9.18 Å². The first kappa shape index (κ1) is 17.8. The Bertz CT molecular complexity index is 702. The molecule has 0 saturated heterocycles. The van der Waals surface area contributed by atoms with Crippen molar-refractivity contribution in [1.82, 2.24) is 5.43 Å². The quantitative estimate of drug-likeness (QED) is 0.468. The van der Waals surface area contributed by atoms with Crippen molar-refractivity contribution in [3.8, 4) is 0 Å². The molecule has 0 fully saturated rings. The van der Waals surface area contributed by atoms with Gasteiger partial charge in [0.15, 0.2) is 0 Å². The first-order chi connectivity index (χ1) is 11.0. The number of hydrogen-bond acceptors (Lipinski definition) is 3. The predicted octanol–water partition coefficient (Wildman–Crippen LogP) is 4.76. The molecule has 2 aromatic carbocycles. The summed E-state index contributed by atoms with van der Waals surface area (Å²) in [6.45, 7) is 1.75. The molecule has 0 bridgehead atoms. The highest BCUT2D eigenvalue weighted by Gasteiger charge is 2.13. The highest BCUT2D eigenvalue weighted by molar-refractivity contribution is 8.00. The molecule has 2 aromatic rings. The average molecular weight is 371 g/mol. The van der Waals surface area contributed by atoms with Gasteiger partial charge in [-0.1, -0.05) is 29.3 Å². The van der Waals surface area contributed by atoms with Crippen molar-refractivity contribution >= 4 is 47.1 Å². The van der Waals surface area contributed by atoms with Gasteiger partial charge in [0.1, 0.15) is 5.82 Å². The van der Waals surface area contributed by atoms with Crippen LogP contribution >= 0.6 is 35.0 Å². The van der Waals surface area contributed by atoms with Crippen LogP contribution in [0.1, 0.15) is 12.5 Å². The van der Waals surface area contributed by atoms with E-state index in [0.717, 1.165) is 4.90 Å². The first-order valence-electron chi connectivity index (χ1n) is 6.66. The number of rotatable bonds is 5. The van der Waals surface area contributed by atoms with E-state index in [1.807, 2.05) is 12.1 Å². The molecule has 0 aromatic heterocycles. The van der Waals surface area contributed by atoms with Gasteiger partial charge in [0.2, 0.25) is 0 Å². The minimum atomic E-state index is -0.501. The Hall–Kier alpha value is -1.56. The van der Waals surface area contributed by atoms with E-state index in [0.29, 0.717) is 5.02 Å². The Kier molecular flexibility index (Phi) is 6.45. The van der Waals surface area contributed by atoms with E-state index in [1.165, 1.54) is 30.1 Å². The molecule has 0 saturated carbocycles. The third-order valence-corrected chi connectivity index (χ3v) is 4.56. The Morgan fingerprint density at radius 1 is 1.26 bits per heavy atom. The molecule has 0 radical (unpaired) electrons. The summed E-state index contributed by atoms with van der Waals surface area (Å²) in [6.07, 6.45) is 1.19. The van der Waals surface area contributed by atoms with E-state index in [4.69, 9.17) is 23.2 Å². The molecule has 0 aliphatic carbocycles. The lowest BCUT2D eigenvalue weighted by molar-refractivity contribution is -0.120. The smallest absolute Gasteiger partial charge is 0.253 e. The highest BCUT2D eigenvalue weighted by Crippen LogP contribution is 2.24. The van der Waals surface area contributed by atoms with Gasteiger partial charge in [-0.2, -0.15) is 5.10 Å². The van der Waals surface area contributed by atoms with Crippen molar-refractivity contribution in [1.29, 1.82) is 0 Å². The van der Waals surface area contributed by atoms with Gasteiger partial charge in [0, 0.05) is 15.5 Å². The first-order valence-corrected chi connectivity index (χ1v) is 8.30. The molecule has 3 nitrogen and oxygen atoms in total. The van der Waals surface area contributed by atoms with Gasteiger partial charge in [-0.15, -0.1) is 11.8 Å². The van der Waals surface area contributed by atoms with E-state index >= 15 is 0 Å². The normalized spacial score (nSPS) is 12.3. The SMILES string of the molecule is C[C@@H](Sc1ccc(Cl)cc1)C(=O)N/N=C\c1c(F)cccc1Cl. The van der Waals surface area contributed by atoms with Crippen molar-refractivity contribution in [2.45, 2.75) is 17.1 Å². The third kappa shape index (κ3) is 5.23. The van der Waals surface area contributed by atoms with Gasteiger partial charge in [-0.05, 0) is 43.3 Å². The molecule has 1 amide bonds. The summed E-state index contributed by atoms with van der Waals surface area (Å²) in [7, 11) is 0. The standard InChI is InChI=1S/C16H13Cl2FN2OS/c1-10(23-12-7-5-11(17)6-8-12)16(22)21-20-9-13-14(18)3-2-4-15(13)19/h2-10H,1H3,(H,21,22)/b20-9-/t10-/m1/s1. The van der Waals surface area contributed by atoms with Crippen molar-refractivity contribution in [3.63, 3.8) is 0 Å². The van der Waals surface area contributed by atoms with Crippen molar-refractivity contribution in [2.24, 2.45) is 5.10 Å². The molecule has 0 heterocycles.